The molecule has 140 valence electrons. The third-order valence-corrected chi connectivity index (χ3v) is 3.59. The lowest BCUT2D eigenvalue weighted by molar-refractivity contribution is -0.137. The number of hydrogen-bond acceptors (Lipinski definition) is 4. The molecule has 0 heterocycles. The topological polar surface area (TPSA) is 75.8 Å². The van der Waals surface area contributed by atoms with Crippen LogP contribution < -0.4 is 10.5 Å². The highest BCUT2D eigenvalue weighted by molar-refractivity contribution is 5.94. The van der Waals surface area contributed by atoms with Crippen LogP contribution in [0.5, 0.6) is 5.75 Å². The Kier molecular flexibility index (Phi) is 6.10. The molecule has 2 aromatic rings. The van der Waals surface area contributed by atoms with Gasteiger partial charge in [-0.05, 0) is 42.5 Å². The number of alkyl halides is 3. The molecule has 0 saturated carbocycles. The second-order valence-electron chi connectivity index (χ2n) is 5.80. The summed E-state index contributed by atoms with van der Waals surface area (Å²) in [5, 5.41) is 9.99. The van der Waals surface area contributed by atoms with Gasteiger partial charge in [-0.3, -0.25) is 4.79 Å². The van der Waals surface area contributed by atoms with Gasteiger partial charge in [0.1, 0.15) is 18.5 Å². The maximum absolute atomic E-state index is 12.5. The van der Waals surface area contributed by atoms with Crippen molar-refractivity contribution < 1.29 is 27.8 Å². The molecule has 3 N–H and O–H groups in total. The number of amides is 1. The molecule has 1 atom stereocenters. The van der Waals surface area contributed by atoms with Gasteiger partial charge in [0.25, 0.3) is 5.91 Å². The highest BCUT2D eigenvalue weighted by Gasteiger charge is 2.30. The number of anilines is 1. The lowest BCUT2D eigenvalue weighted by Gasteiger charge is -2.21. The third kappa shape index (κ3) is 5.38. The van der Waals surface area contributed by atoms with Crippen molar-refractivity contribution in [3.8, 4) is 5.75 Å². The normalized spacial score (nSPS) is 12.5. The van der Waals surface area contributed by atoms with E-state index in [9.17, 15) is 23.1 Å². The number of halogens is 3. The monoisotopic (exact) mass is 368 g/mol. The SMILES string of the molecule is CN(CC(O)COc1ccc(C(F)(F)F)cc1)C(=O)c1cccc(N)c1. The van der Waals surface area contributed by atoms with Crippen LogP contribution in [0.3, 0.4) is 0 Å². The first kappa shape index (κ1) is 19.6. The molecule has 8 heteroatoms. The summed E-state index contributed by atoms with van der Waals surface area (Å²) in [4.78, 5) is 13.6. The quantitative estimate of drug-likeness (QED) is 0.769. The van der Waals surface area contributed by atoms with Crippen molar-refractivity contribution in [2.24, 2.45) is 0 Å². The van der Waals surface area contributed by atoms with Crippen LogP contribution in [0.15, 0.2) is 48.5 Å². The number of nitrogens with zero attached hydrogens (tertiary/aromatic N) is 1. The number of likely N-dealkylation sites (N-methyl/N-ethyl adjacent to an activating group) is 1. The van der Waals surface area contributed by atoms with Crippen molar-refractivity contribution in [1.29, 1.82) is 0 Å². The zero-order chi connectivity index (χ0) is 19.3. The number of aliphatic hydroxyl groups excluding tert-OH is 1. The minimum atomic E-state index is -4.41. The Morgan fingerprint density at radius 3 is 2.46 bits per heavy atom. The summed E-state index contributed by atoms with van der Waals surface area (Å²) in [6.07, 6.45) is -5.42. The second-order valence-corrected chi connectivity index (χ2v) is 5.80. The summed E-state index contributed by atoms with van der Waals surface area (Å²) in [5.41, 5.74) is 5.70. The van der Waals surface area contributed by atoms with E-state index in [2.05, 4.69) is 0 Å². The van der Waals surface area contributed by atoms with E-state index in [0.29, 0.717) is 11.3 Å². The first-order valence-electron chi connectivity index (χ1n) is 7.76. The zero-order valence-corrected chi connectivity index (χ0v) is 14.0. The molecule has 0 fully saturated rings. The molecule has 2 aromatic carbocycles. The van der Waals surface area contributed by atoms with Crippen molar-refractivity contribution in [3.63, 3.8) is 0 Å². The minimum absolute atomic E-state index is 0.00569. The van der Waals surface area contributed by atoms with E-state index in [4.69, 9.17) is 10.5 Å². The highest BCUT2D eigenvalue weighted by atomic mass is 19.4. The van der Waals surface area contributed by atoms with E-state index in [-0.39, 0.29) is 24.8 Å². The molecule has 0 bridgehead atoms. The number of hydrogen-bond donors (Lipinski definition) is 2. The van der Waals surface area contributed by atoms with Gasteiger partial charge < -0.3 is 20.5 Å². The molecule has 0 aliphatic carbocycles. The maximum atomic E-state index is 12.5. The van der Waals surface area contributed by atoms with Crippen LogP contribution in [0.2, 0.25) is 0 Å². The molecule has 26 heavy (non-hydrogen) atoms. The summed E-state index contributed by atoms with van der Waals surface area (Å²) in [5.74, 6) is -0.118. The molecule has 1 amide bonds. The van der Waals surface area contributed by atoms with E-state index in [0.717, 1.165) is 12.1 Å². The Morgan fingerprint density at radius 2 is 1.88 bits per heavy atom. The van der Waals surface area contributed by atoms with E-state index in [1.54, 1.807) is 18.2 Å². The number of ether oxygens (including phenoxy) is 1. The van der Waals surface area contributed by atoms with Crippen LogP contribution in [0, 0.1) is 0 Å². The number of nitrogens with two attached hydrogens (primary N) is 1. The first-order chi connectivity index (χ1) is 12.2. The molecule has 0 aliphatic heterocycles. The highest BCUT2D eigenvalue weighted by Crippen LogP contribution is 2.30. The molecular formula is C18H19F3N2O3. The fraction of sp³-hybridized carbons (Fsp3) is 0.278. The van der Waals surface area contributed by atoms with Gasteiger partial charge in [-0.1, -0.05) is 6.07 Å². The Hall–Kier alpha value is -2.74. The van der Waals surface area contributed by atoms with Gasteiger partial charge in [0.15, 0.2) is 0 Å². The van der Waals surface area contributed by atoms with Crippen LogP contribution >= 0.6 is 0 Å². The van der Waals surface area contributed by atoms with Gasteiger partial charge in [-0.25, -0.2) is 0 Å². The van der Waals surface area contributed by atoms with Crippen molar-refractivity contribution in [2.75, 3.05) is 25.9 Å². The summed E-state index contributed by atoms with van der Waals surface area (Å²) in [7, 11) is 1.52. The predicted molar refractivity (Wildman–Crippen MR) is 90.8 cm³/mol. The molecule has 0 spiro atoms. The summed E-state index contributed by atoms with van der Waals surface area (Å²) < 4.78 is 42.7. The van der Waals surface area contributed by atoms with E-state index < -0.39 is 17.8 Å². The van der Waals surface area contributed by atoms with Crippen LogP contribution in [-0.2, 0) is 6.18 Å². The maximum Gasteiger partial charge on any atom is 0.416 e. The van der Waals surface area contributed by atoms with E-state index in [1.165, 1.54) is 30.1 Å². The standard InChI is InChI=1S/C18H19F3N2O3/c1-23(17(25)12-3-2-4-14(22)9-12)10-15(24)11-26-16-7-5-13(6-8-16)18(19,20)21/h2-9,15,24H,10-11,22H2,1H3. The molecule has 2 rings (SSSR count). The lowest BCUT2D eigenvalue weighted by atomic mass is 10.1. The molecule has 0 aromatic heterocycles. The van der Waals surface area contributed by atoms with Crippen LogP contribution in [0.25, 0.3) is 0 Å². The Morgan fingerprint density at radius 1 is 1.23 bits per heavy atom. The Balaban J connectivity index is 1.86. The van der Waals surface area contributed by atoms with E-state index >= 15 is 0 Å². The van der Waals surface area contributed by atoms with E-state index in [1.807, 2.05) is 0 Å². The van der Waals surface area contributed by atoms with Gasteiger partial charge in [0.2, 0.25) is 0 Å². The molecule has 0 aliphatic rings. The number of nitrogen functional groups attached to an aromatic ring is 1. The summed E-state index contributed by atoms with van der Waals surface area (Å²) in [6.45, 7) is -0.172. The number of carbonyl (C=O) groups excluding carboxylic acids is 1. The number of carbonyl (C=O) groups is 1. The zero-order valence-electron chi connectivity index (χ0n) is 14.0. The Bertz CT molecular complexity index is 748. The van der Waals surface area contributed by atoms with Crippen molar-refractivity contribution in [2.45, 2.75) is 12.3 Å². The van der Waals surface area contributed by atoms with Crippen molar-refractivity contribution in [3.05, 3.63) is 59.7 Å². The molecule has 0 saturated heterocycles. The van der Waals surface area contributed by atoms with Gasteiger partial charge in [-0.15, -0.1) is 0 Å². The summed E-state index contributed by atoms with van der Waals surface area (Å²) >= 11 is 0. The Labute approximate surface area is 148 Å². The minimum Gasteiger partial charge on any atom is -0.491 e. The van der Waals surface area contributed by atoms with Crippen molar-refractivity contribution in [1.82, 2.24) is 4.90 Å². The average molecular weight is 368 g/mol. The first-order valence-corrected chi connectivity index (χ1v) is 7.76. The van der Waals surface area contributed by atoms with Gasteiger partial charge >= 0.3 is 6.18 Å². The third-order valence-electron chi connectivity index (χ3n) is 3.59. The van der Waals surface area contributed by atoms with Crippen molar-refractivity contribution >= 4 is 11.6 Å². The molecule has 0 radical (unpaired) electrons. The molecular weight excluding hydrogens is 349 g/mol. The lowest BCUT2D eigenvalue weighted by Crippen LogP contribution is -2.37. The largest absolute Gasteiger partial charge is 0.491 e. The van der Waals surface area contributed by atoms with Gasteiger partial charge in [-0.2, -0.15) is 13.2 Å². The van der Waals surface area contributed by atoms with Gasteiger partial charge in [0, 0.05) is 24.8 Å². The number of rotatable bonds is 6. The molecule has 5 nitrogen and oxygen atoms in total. The number of benzene rings is 2. The predicted octanol–water partition coefficient (Wildman–Crippen LogP) is 2.80. The smallest absolute Gasteiger partial charge is 0.416 e. The van der Waals surface area contributed by atoms with Crippen LogP contribution in [0.1, 0.15) is 15.9 Å². The second kappa shape index (κ2) is 8.09. The van der Waals surface area contributed by atoms with Gasteiger partial charge in [0.05, 0.1) is 5.56 Å². The molecule has 1 unspecified atom stereocenters. The average Bonchev–Trinajstić information content (AvgIpc) is 2.59. The number of aliphatic hydroxyl groups is 1. The van der Waals surface area contributed by atoms with Crippen LogP contribution in [-0.4, -0.2) is 42.2 Å². The fourth-order valence-electron chi connectivity index (χ4n) is 2.28. The van der Waals surface area contributed by atoms with Crippen LogP contribution in [0.4, 0.5) is 18.9 Å². The summed E-state index contributed by atoms with van der Waals surface area (Å²) in [6, 6.07) is 10.6. The fourth-order valence-corrected chi connectivity index (χ4v) is 2.28.